The minimum absolute atomic E-state index is 0.00671. The van der Waals surface area contributed by atoms with Crippen LogP contribution >= 0.6 is 0 Å². The summed E-state index contributed by atoms with van der Waals surface area (Å²) in [6.45, 7) is 0. The maximum absolute atomic E-state index is 14.2. The van der Waals surface area contributed by atoms with Crippen LogP contribution in [0.1, 0.15) is 42.4 Å². The van der Waals surface area contributed by atoms with Crippen molar-refractivity contribution < 1.29 is 26.3 Å². The molecule has 0 heterocycles. The van der Waals surface area contributed by atoms with E-state index in [4.69, 9.17) is 7.85 Å². The van der Waals surface area contributed by atoms with Gasteiger partial charge in [0.25, 0.3) is 0 Å². The summed E-state index contributed by atoms with van der Waals surface area (Å²) >= 11 is 0. The van der Waals surface area contributed by atoms with E-state index in [2.05, 4.69) is 0 Å². The zero-order chi connectivity index (χ0) is 22.6. The Balaban J connectivity index is 2.36. The van der Waals surface area contributed by atoms with Crippen LogP contribution in [-0.2, 0) is 5.41 Å². The smallest absolute Gasteiger partial charge is 0.126 e. The van der Waals surface area contributed by atoms with E-state index in [0.717, 1.165) is 36.4 Å². The lowest BCUT2D eigenvalue weighted by Gasteiger charge is -2.36. The third-order valence-electron chi connectivity index (χ3n) is 5.32. The van der Waals surface area contributed by atoms with Gasteiger partial charge in [0.05, 0.1) is 7.85 Å². The average Bonchev–Trinajstić information content (AvgIpc) is 2.66. The number of halogens is 6. The summed E-state index contributed by atoms with van der Waals surface area (Å²) in [5.74, 6) is -5.53. The van der Waals surface area contributed by atoms with E-state index >= 15 is 0 Å². The minimum Gasteiger partial charge on any atom is -0.207 e. The Hall–Kier alpha value is -2.70. The Labute approximate surface area is 178 Å². The molecule has 0 N–H and O–H groups in total. The maximum Gasteiger partial charge on any atom is 0.126 e. The lowest BCUT2D eigenvalue weighted by molar-refractivity contribution is 0.485. The topological polar surface area (TPSA) is 0 Å². The number of unbranched alkanes of at least 4 members (excludes halogenated alkanes) is 2. The number of rotatable bonds is 8. The van der Waals surface area contributed by atoms with Crippen LogP contribution in [0.3, 0.4) is 0 Å². The van der Waals surface area contributed by atoms with Gasteiger partial charge < -0.3 is 0 Å². The molecule has 0 aliphatic heterocycles. The van der Waals surface area contributed by atoms with Gasteiger partial charge in [-0.15, -0.1) is 0 Å². The Morgan fingerprint density at radius 3 is 1.10 bits per heavy atom. The van der Waals surface area contributed by atoms with E-state index in [9.17, 15) is 26.3 Å². The first-order valence-corrected chi connectivity index (χ1v) is 9.84. The molecule has 7 heteroatoms. The second-order valence-electron chi connectivity index (χ2n) is 7.48. The summed E-state index contributed by atoms with van der Waals surface area (Å²) in [6, 6.07) is 8.03. The molecule has 0 aliphatic carbocycles. The molecule has 0 unspecified atom stereocenters. The van der Waals surface area contributed by atoms with Crippen LogP contribution in [0.5, 0.6) is 0 Å². The Bertz CT molecular complexity index is 880. The van der Waals surface area contributed by atoms with Crippen molar-refractivity contribution in [3.63, 3.8) is 0 Å². The summed E-state index contributed by atoms with van der Waals surface area (Å²) in [5, 5.41) is 0. The van der Waals surface area contributed by atoms with Crippen LogP contribution < -0.4 is 0 Å². The van der Waals surface area contributed by atoms with E-state index in [-0.39, 0.29) is 23.1 Å². The fraction of sp³-hybridized carbons (Fsp3) is 0.250. The van der Waals surface area contributed by atoms with Crippen LogP contribution in [0, 0.1) is 34.9 Å². The van der Waals surface area contributed by atoms with Gasteiger partial charge in [-0.1, -0.05) is 25.6 Å². The summed E-state index contributed by atoms with van der Waals surface area (Å²) in [6.07, 6.45) is 2.16. The molecule has 0 saturated carbocycles. The van der Waals surface area contributed by atoms with E-state index < -0.39 is 40.3 Å². The first-order chi connectivity index (χ1) is 14.7. The van der Waals surface area contributed by atoms with Gasteiger partial charge in [-0.05, 0) is 59.5 Å². The summed E-state index contributed by atoms with van der Waals surface area (Å²) in [4.78, 5) is 0. The van der Waals surface area contributed by atoms with Crippen molar-refractivity contribution in [2.45, 2.75) is 37.4 Å². The van der Waals surface area contributed by atoms with Crippen LogP contribution in [0.2, 0.25) is 6.32 Å². The molecular formula is C24H19BF6. The monoisotopic (exact) mass is 432 g/mol. The van der Waals surface area contributed by atoms with Crippen LogP contribution in [-0.4, -0.2) is 7.85 Å². The molecule has 3 aromatic carbocycles. The van der Waals surface area contributed by atoms with Crippen molar-refractivity contribution in [2.24, 2.45) is 0 Å². The quantitative estimate of drug-likeness (QED) is 0.156. The van der Waals surface area contributed by atoms with E-state index in [1.807, 2.05) is 0 Å². The van der Waals surface area contributed by atoms with Gasteiger partial charge in [0.15, 0.2) is 0 Å². The highest BCUT2D eigenvalue weighted by atomic mass is 19.2. The molecule has 0 fully saturated rings. The largest absolute Gasteiger partial charge is 0.207 e. The van der Waals surface area contributed by atoms with Crippen LogP contribution in [0.25, 0.3) is 0 Å². The van der Waals surface area contributed by atoms with Crippen molar-refractivity contribution >= 4 is 7.85 Å². The Morgan fingerprint density at radius 2 is 0.806 bits per heavy atom. The van der Waals surface area contributed by atoms with Crippen LogP contribution in [0.15, 0.2) is 54.6 Å². The van der Waals surface area contributed by atoms with Gasteiger partial charge >= 0.3 is 0 Å². The summed E-state index contributed by atoms with van der Waals surface area (Å²) < 4.78 is 85.2. The molecule has 0 atom stereocenters. The minimum atomic E-state index is -1.61. The van der Waals surface area contributed by atoms with Crippen LogP contribution in [0.4, 0.5) is 26.3 Å². The van der Waals surface area contributed by atoms with Gasteiger partial charge in [-0.2, -0.15) is 0 Å². The predicted molar refractivity (Wildman–Crippen MR) is 108 cm³/mol. The zero-order valence-corrected chi connectivity index (χ0v) is 16.6. The van der Waals surface area contributed by atoms with Gasteiger partial charge in [-0.25, -0.2) is 26.3 Å². The Kier molecular flexibility index (Phi) is 7.13. The highest BCUT2D eigenvalue weighted by molar-refractivity contribution is 6.08. The fourth-order valence-corrected chi connectivity index (χ4v) is 4.04. The normalized spacial score (nSPS) is 11.7. The highest BCUT2D eigenvalue weighted by Crippen LogP contribution is 2.45. The van der Waals surface area contributed by atoms with Crippen molar-refractivity contribution in [1.82, 2.24) is 0 Å². The molecule has 2 radical (unpaired) electrons. The molecule has 31 heavy (non-hydrogen) atoms. The third kappa shape index (κ3) is 5.14. The number of hydrogen-bond donors (Lipinski definition) is 0. The molecule has 0 bridgehead atoms. The van der Waals surface area contributed by atoms with Gasteiger partial charge in [0.1, 0.15) is 34.9 Å². The Morgan fingerprint density at radius 1 is 0.484 bits per heavy atom. The standard InChI is InChI=1S/C24H19BF6/c25-5-3-1-2-4-24(15-6-18(26)12-19(27)7-15,16-8-20(28)13-21(29)9-16)17-10-22(30)14-23(31)11-17/h6-14H,1-5H2. The molecule has 160 valence electrons. The van der Waals surface area contributed by atoms with Crippen molar-refractivity contribution in [2.75, 3.05) is 0 Å². The first-order valence-electron chi connectivity index (χ1n) is 9.84. The lowest BCUT2D eigenvalue weighted by Crippen LogP contribution is -2.31. The molecule has 0 spiro atoms. The van der Waals surface area contributed by atoms with Gasteiger partial charge in [-0.3, -0.25) is 0 Å². The highest BCUT2D eigenvalue weighted by Gasteiger charge is 2.38. The number of hydrogen-bond acceptors (Lipinski definition) is 0. The molecule has 0 saturated heterocycles. The molecule has 3 rings (SSSR count). The van der Waals surface area contributed by atoms with E-state index in [0.29, 0.717) is 43.8 Å². The molecule has 3 aromatic rings. The summed E-state index contributed by atoms with van der Waals surface area (Å²) in [7, 11) is 5.53. The van der Waals surface area contributed by atoms with Crippen molar-refractivity contribution in [3.05, 3.63) is 106 Å². The van der Waals surface area contributed by atoms with Crippen molar-refractivity contribution in [3.8, 4) is 0 Å². The molecular weight excluding hydrogens is 413 g/mol. The average molecular weight is 432 g/mol. The SMILES string of the molecule is [B]CCCCCC(c1cc(F)cc(F)c1)(c1cc(F)cc(F)c1)c1cc(F)cc(F)c1. The predicted octanol–water partition coefficient (Wildman–Crippen LogP) is 7.00. The zero-order valence-electron chi connectivity index (χ0n) is 16.6. The molecule has 0 nitrogen and oxygen atoms in total. The van der Waals surface area contributed by atoms with Gasteiger partial charge in [0.2, 0.25) is 0 Å². The number of benzene rings is 3. The molecule has 0 aliphatic rings. The van der Waals surface area contributed by atoms with E-state index in [1.165, 1.54) is 0 Å². The molecule has 0 amide bonds. The second-order valence-corrected chi connectivity index (χ2v) is 7.48. The lowest BCUT2D eigenvalue weighted by atomic mass is 9.66. The van der Waals surface area contributed by atoms with Gasteiger partial charge in [0, 0.05) is 23.6 Å². The molecule has 0 aromatic heterocycles. The second kappa shape index (κ2) is 9.63. The maximum atomic E-state index is 14.2. The third-order valence-corrected chi connectivity index (χ3v) is 5.32. The first kappa shape index (κ1) is 23.0. The fourth-order valence-electron chi connectivity index (χ4n) is 4.04. The van der Waals surface area contributed by atoms with E-state index in [1.54, 1.807) is 0 Å². The van der Waals surface area contributed by atoms with Crippen molar-refractivity contribution in [1.29, 1.82) is 0 Å². The summed E-state index contributed by atoms with van der Waals surface area (Å²) in [5.41, 5.74) is -1.63.